The lowest BCUT2D eigenvalue weighted by atomic mass is 10.2. The predicted octanol–water partition coefficient (Wildman–Crippen LogP) is 4.62. The predicted molar refractivity (Wildman–Crippen MR) is 127 cm³/mol. The average Bonchev–Trinajstić information content (AvgIpc) is 3.06. The number of carbonyl (C=O) groups excluding carboxylic acids is 1. The van der Waals surface area contributed by atoms with Crippen LogP contribution >= 0.6 is 35.6 Å². The number of thiocarbonyl (C=S) groups is 1. The van der Waals surface area contributed by atoms with Crippen LogP contribution < -0.4 is 19.5 Å². The Labute approximate surface area is 195 Å². The van der Waals surface area contributed by atoms with E-state index in [1.54, 1.807) is 18.2 Å². The molecule has 0 radical (unpaired) electrons. The topological polar surface area (TPSA) is 66.0 Å². The zero-order chi connectivity index (χ0) is 22.2. The van der Waals surface area contributed by atoms with Crippen LogP contribution in [-0.2, 0) is 9.53 Å². The van der Waals surface area contributed by atoms with E-state index in [4.69, 9.17) is 42.8 Å². The van der Waals surface area contributed by atoms with Crippen molar-refractivity contribution in [2.45, 2.75) is 6.92 Å². The van der Waals surface area contributed by atoms with Gasteiger partial charge in [-0.25, -0.2) is 0 Å². The van der Waals surface area contributed by atoms with Crippen molar-refractivity contribution in [2.75, 3.05) is 33.5 Å². The summed E-state index contributed by atoms with van der Waals surface area (Å²) < 4.78 is 22.8. The zero-order valence-electron chi connectivity index (χ0n) is 17.1. The highest BCUT2D eigenvalue weighted by Crippen LogP contribution is 2.38. The molecule has 1 aliphatic rings. The van der Waals surface area contributed by atoms with Crippen molar-refractivity contribution >= 4 is 51.9 Å². The zero-order valence-corrected chi connectivity index (χ0v) is 19.5. The maximum atomic E-state index is 11.8. The first kappa shape index (κ1) is 23.4. The van der Waals surface area contributed by atoms with Gasteiger partial charge in [-0.05, 0) is 42.3 Å². The molecule has 1 fully saturated rings. The number of amides is 1. The van der Waals surface area contributed by atoms with Crippen molar-refractivity contribution in [3.8, 4) is 17.2 Å². The first-order valence-electron chi connectivity index (χ1n) is 9.49. The summed E-state index contributed by atoms with van der Waals surface area (Å²) in [5.41, 5.74) is 1.79. The lowest BCUT2D eigenvalue weighted by Gasteiger charge is -2.14. The molecule has 0 aliphatic carbocycles. The molecule has 1 N–H and O–H groups in total. The number of aryl methyl sites for hydroxylation is 1. The second kappa shape index (κ2) is 11.4. The fourth-order valence-corrected chi connectivity index (χ4v) is 4.09. The molecule has 0 bridgehead atoms. The maximum absolute atomic E-state index is 11.8. The maximum Gasteiger partial charge on any atom is 0.263 e. The minimum absolute atomic E-state index is 0.228. The van der Waals surface area contributed by atoms with Gasteiger partial charge in [0.25, 0.3) is 5.91 Å². The van der Waals surface area contributed by atoms with Gasteiger partial charge in [0, 0.05) is 0 Å². The van der Waals surface area contributed by atoms with E-state index in [-0.39, 0.29) is 5.91 Å². The summed E-state index contributed by atoms with van der Waals surface area (Å²) in [6.07, 6.45) is 1.70. The van der Waals surface area contributed by atoms with Crippen LogP contribution in [0.2, 0.25) is 5.02 Å². The van der Waals surface area contributed by atoms with Gasteiger partial charge in [0.2, 0.25) is 0 Å². The largest absolute Gasteiger partial charge is 0.493 e. The highest BCUT2D eigenvalue weighted by Gasteiger charge is 2.22. The smallest absolute Gasteiger partial charge is 0.263 e. The number of rotatable bonds is 10. The van der Waals surface area contributed by atoms with E-state index in [1.807, 2.05) is 31.2 Å². The Balaban J connectivity index is 1.49. The van der Waals surface area contributed by atoms with E-state index < -0.39 is 0 Å². The molecular weight excluding hydrogens is 458 g/mol. The second-order valence-corrected chi connectivity index (χ2v) is 8.59. The SMILES string of the molecule is COc1cc(/C=C2/SC(=S)NC2=O)cc(Cl)c1OCCOCCOc1ccccc1C. The summed E-state index contributed by atoms with van der Waals surface area (Å²) in [7, 11) is 1.53. The van der Waals surface area contributed by atoms with E-state index in [1.165, 1.54) is 18.9 Å². The molecule has 0 saturated carbocycles. The van der Waals surface area contributed by atoms with Gasteiger partial charge in [0.1, 0.15) is 23.3 Å². The molecule has 1 amide bonds. The number of carbonyl (C=O) groups is 1. The summed E-state index contributed by atoms with van der Waals surface area (Å²) in [4.78, 5) is 12.3. The number of thioether (sulfide) groups is 1. The van der Waals surface area contributed by atoms with Gasteiger partial charge in [-0.2, -0.15) is 0 Å². The van der Waals surface area contributed by atoms with E-state index >= 15 is 0 Å². The summed E-state index contributed by atoms with van der Waals surface area (Å²) >= 11 is 12.6. The molecule has 1 heterocycles. The van der Waals surface area contributed by atoms with E-state index in [0.717, 1.165) is 11.3 Å². The van der Waals surface area contributed by atoms with Crippen LogP contribution in [0.3, 0.4) is 0 Å². The molecule has 1 saturated heterocycles. The first-order valence-corrected chi connectivity index (χ1v) is 11.1. The summed E-state index contributed by atoms with van der Waals surface area (Å²) in [5, 5.41) is 2.95. The minimum Gasteiger partial charge on any atom is -0.493 e. The van der Waals surface area contributed by atoms with Gasteiger partial charge in [-0.3, -0.25) is 4.79 Å². The fourth-order valence-electron chi connectivity index (χ4n) is 2.77. The van der Waals surface area contributed by atoms with Crippen LogP contribution in [0.15, 0.2) is 41.3 Å². The third kappa shape index (κ3) is 6.61. The number of para-hydroxylation sites is 1. The Morgan fingerprint density at radius 1 is 1.10 bits per heavy atom. The molecule has 2 aromatic rings. The van der Waals surface area contributed by atoms with Crippen molar-refractivity contribution in [1.29, 1.82) is 0 Å². The molecule has 1 aliphatic heterocycles. The number of methoxy groups -OCH3 is 1. The van der Waals surface area contributed by atoms with E-state index in [9.17, 15) is 4.79 Å². The molecule has 6 nitrogen and oxygen atoms in total. The summed E-state index contributed by atoms with van der Waals surface area (Å²) in [6, 6.07) is 11.3. The van der Waals surface area contributed by atoms with Crippen LogP contribution in [0, 0.1) is 6.92 Å². The second-order valence-electron chi connectivity index (χ2n) is 6.46. The van der Waals surface area contributed by atoms with Crippen molar-refractivity contribution in [3.63, 3.8) is 0 Å². The number of nitrogens with one attached hydrogen (secondary N) is 1. The van der Waals surface area contributed by atoms with Gasteiger partial charge >= 0.3 is 0 Å². The normalized spacial score (nSPS) is 14.6. The van der Waals surface area contributed by atoms with Crippen molar-refractivity contribution in [1.82, 2.24) is 5.32 Å². The molecule has 31 heavy (non-hydrogen) atoms. The van der Waals surface area contributed by atoms with Gasteiger partial charge in [0.05, 0.1) is 30.3 Å². The van der Waals surface area contributed by atoms with Crippen molar-refractivity contribution in [3.05, 3.63) is 57.5 Å². The number of halogens is 1. The molecular formula is C22H22ClNO5S2. The van der Waals surface area contributed by atoms with Crippen LogP contribution in [0.1, 0.15) is 11.1 Å². The van der Waals surface area contributed by atoms with Crippen molar-refractivity contribution in [2.24, 2.45) is 0 Å². The molecule has 2 aromatic carbocycles. The highest BCUT2D eigenvalue weighted by atomic mass is 35.5. The fraction of sp³-hybridized carbons (Fsp3) is 0.273. The van der Waals surface area contributed by atoms with Gasteiger partial charge in [-0.15, -0.1) is 0 Å². The average molecular weight is 480 g/mol. The molecule has 0 aromatic heterocycles. The highest BCUT2D eigenvalue weighted by molar-refractivity contribution is 8.26. The van der Waals surface area contributed by atoms with Crippen LogP contribution in [0.4, 0.5) is 0 Å². The Hall–Kier alpha value is -2.26. The molecule has 0 atom stereocenters. The lowest BCUT2D eigenvalue weighted by molar-refractivity contribution is -0.115. The monoisotopic (exact) mass is 479 g/mol. The quantitative estimate of drug-likeness (QED) is 0.303. The lowest BCUT2D eigenvalue weighted by Crippen LogP contribution is -2.17. The summed E-state index contributed by atoms with van der Waals surface area (Å²) in [5.74, 6) is 1.51. The Kier molecular flexibility index (Phi) is 8.60. The van der Waals surface area contributed by atoms with E-state index in [0.29, 0.717) is 57.7 Å². The number of ether oxygens (including phenoxy) is 4. The molecule has 3 rings (SSSR count). The van der Waals surface area contributed by atoms with Gasteiger partial charge in [-0.1, -0.05) is 53.8 Å². The van der Waals surface area contributed by atoms with E-state index in [2.05, 4.69) is 5.32 Å². The van der Waals surface area contributed by atoms with Gasteiger partial charge in [0.15, 0.2) is 11.5 Å². The number of hydrogen-bond acceptors (Lipinski definition) is 7. The third-order valence-electron chi connectivity index (χ3n) is 4.24. The number of benzene rings is 2. The third-order valence-corrected chi connectivity index (χ3v) is 5.69. The van der Waals surface area contributed by atoms with Crippen LogP contribution in [-0.4, -0.2) is 43.8 Å². The van der Waals surface area contributed by atoms with Crippen LogP contribution in [0.5, 0.6) is 17.2 Å². The van der Waals surface area contributed by atoms with Gasteiger partial charge < -0.3 is 24.3 Å². The van der Waals surface area contributed by atoms with Crippen molar-refractivity contribution < 1.29 is 23.7 Å². The minimum atomic E-state index is -0.228. The standard InChI is InChI=1S/C22H22ClNO5S2/c1-14-5-3-4-6-17(14)28-9-7-27-8-10-29-20-16(23)11-15(12-18(20)26-2)13-19-21(25)24-22(30)31-19/h3-6,11-13H,7-10H2,1-2H3,(H,24,25,30)/b19-13+. The summed E-state index contributed by atoms with van der Waals surface area (Å²) in [6.45, 7) is 3.56. The Morgan fingerprint density at radius 3 is 2.52 bits per heavy atom. The molecule has 0 spiro atoms. The molecule has 0 unspecified atom stereocenters. The molecule has 164 valence electrons. The Morgan fingerprint density at radius 2 is 1.84 bits per heavy atom. The first-order chi connectivity index (χ1) is 15.0. The Bertz CT molecular complexity index is 996. The molecule has 9 heteroatoms. The number of hydrogen-bond donors (Lipinski definition) is 1. The van der Waals surface area contributed by atoms with Crippen LogP contribution in [0.25, 0.3) is 6.08 Å².